The third-order valence-electron chi connectivity index (χ3n) is 3.38. The van der Waals surface area contributed by atoms with Crippen molar-refractivity contribution in [2.24, 2.45) is 5.92 Å². The van der Waals surface area contributed by atoms with Gasteiger partial charge in [0, 0.05) is 12.4 Å². The average Bonchev–Trinajstić information content (AvgIpc) is 2.39. The van der Waals surface area contributed by atoms with Crippen molar-refractivity contribution in [3.63, 3.8) is 0 Å². The predicted molar refractivity (Wildman–Crippen MR) is 61.0 cm³/mol. The van der Waals surface area contributed by atoms with Gasteiger partial charge in [0.15, 0.2) is 0 Å². The van der Waals surface area contributed by atoms with Crippen LogP contribution in [0.4, 0.5) is 0 Å². The molecule has 2 rings (SSSR count). The Morgan fingerprint density at radius 1 is 1.44 bits per heavy atom. The summed E-state index contributed by atoms with van der Waals surface area (Å²) in [5, 5.41) is 0. The quantitative estimate of drug-likeness (QED) is 0.717. The highest BCUT2D eigenvalue weighted by Gasteiger charge is 2.32. The second kappa shape index (κ2) is 5.10. The molecule has 1 aliphatic carbocycles. The van der Waals surface area contributed by atoms with Crippen molar-refractivity contribution in [1.29, 1.82) is 0 Å². The van der Waals surface area contributed by atoms with Gasteiger partial charge in [0.2, 0.25) is 0 Å². The predicted octanol–water partition coefficient (Wildman–Crippen LogP) is 2.53. The van der Waals surface area contributed by atoms with Crippen molar-refractivity contribution in [2.75, 3.05) is 7.11 Å². The van der Waals surface area contributed by atoms with Crippen LogP contribution >= 0.6 is 0 Å². The maximum Gasteiger partial charge on any atom is 0.309 e. The zero-order valence-corrected chi connectivity index (χ0v) is 9.56. The van der Waals surface area contributed by atoms with Gasteiger partial charge in [0.25, 0.3) is 0 Å². The van der Waals surface area contributed by atoms with Crippen molar-refractivity contribution in [2.45, 2.75) is 31.6 Å². The first-order valence-corrected chi connectivity index (χ1v) is 5.80. The van der Waals surface area contributed by atoms with E-state index in [1.54, 1.807) is 6.20 Å². The number of carbonyl (C=O) groups excluding carboxylic acids is 1. The van der Waals surface area contributed by atoms with Crippen LogP contribution in [0.15, 0.2) is 24.5 Å². The van der Waals surface area contributed by atoms with Gasteiger partial charge in [-0.25, -0.2) is 0 Å². The van der Waals surface area contributed by atoms with E-state index in [2.05, 4.69) is 11.1 Å². The molecule has 2 atom stereocenters. The standard InChI is InChI=1S/C13H17NO2/c1-16-13(15)12-7-3-2-6-11(12)10-5-4-8-14-9-10/h4-5,8-9,11-12H,2-3,6-7H2,1H3. The molecule has 0 N–H and O–H groups in total. The molecule has 1 aliphatic rings. The van der Waals surface area contributed by atoms with E-state index in [4.69, 9.17) is 4.74 Å². The minimum atomic E-state index is -0.0754. The topological polar surface area (TPSA) is 39.2 Å². The highest BCUT2D eigenvalue weighted by molar-refractivity contribution is 5.73. The van der Waals surface area contributed by atoms with E-state index in [-0.39, 0.29) is 17.8 Å². The van der Waals surface area contributed by atoms with E-state index in [9.17, 15) is 4.79 Å². The highest BCUT2D eigenvalue weighted by atomic mass is 16.5. The number of pyridine rings is 1. The Kier molecular flexibility index (Phi) is 3.54. The van der Waals surface area contributed by atoms with Crippen molar-refractivity contribution >= 4 is 5.97 Å². The maximum atomic E-state index is 11.7. The van der Waals surface area contributed by atoms with E-state index in [0.29, 0.717) is 0 Å². The lowest BCUT2D eigenvalue weighted by Gasteiger charge is -2.29. The Bertz CT molecular complexity index is 350. The molecule has 1 fully saturated rings. The lowest BCUT2D eigenvalue weighted by Crippen LogP contribution is -2.26. The number of hydrogen-bond donors (Lipinski definition) is 0. The van der Waals surface area contributed by atoms with Gasteiger partial charge in [-0.1, -0.05) is 18.9 Å². The molecule has 3 nitrogen and oxygen atoms in total. The summed E-state index contributed by atoms with van der Waals surface area (Å²) in [6.45, 7) is 0. The van der Waals surface area contributed by atoms with Crippen molar-refractivity contribution < 1.29 is 9.53 Å². The zero-order chi connectivity index (χ0) is 11.4. The van der Waals surface area contributed by atoms with Crippen molar-refractivity contribution in [3.05, 3.63) is 30.1 Å². The molecule has 1 aromatic heterocycles. The number of esters is 1. The van der Waals surface area contributed by atoms with Gasteiger partial charge in [-0.05, 0) is 30.4 Å². The normalized spacial score (nSPS) is 25.1. The van der Waals surface area contributed by atoms with E-state index < -0.39 is 0 Å². The monoisotopic (exact) mass is 219 g/mol. The second-order valence-corrected chi connectivity index (χ2v) is 4.31. The molecule has 2 unspecified atom stereocenters. The van der Waals surface area contributed by atoms with Gasteiger partial charge in [-0.15, -0.1) is 0 Å². The third kappa shape index (κ3) is 2.23. The van der Waals surface area contributed by atoms with Crippen LogP contribution in [-0.2, 0) is 9.53 Å². The molecule has 1 aromatic rings. The fraction of sp³-hybridized carbons (Fsp3) is 0.538. The average molecular weight is 219 g/mol. The second-order valence-electron chi connectivity index (χ2n) is 4.31. The van der Waals surface area contributed by atoms with Crippen molar-refractivity contribution in [1.82, 2.24) is 4.98 Å². The van der Waals surface area contributed by atoms with Gasteiger partial charge < -0.3 is 4.74 Å². The molecule has 0 aromatic carbocycles. The zero-order valence-electron chi connectivity index (χ0n) is 9.56. The summed E-state index contributed by atoms with van der Waals surface area (Å²) in [4.78, 5) is 15.8. The Labute approximate surface area is 95.8 Å². The van der Waals surface area contributed by atoms with Crippen LogP contribution in [0.3, 0.4) is 0 Å². The first-order chi connectivity index (χ1) is 7.83. The number of rotatable bonds is 2. The summed E-state index contributed by atoms with van der Waals surface area (Å²) in [6, 6.07) is 3.98. The van der Waals surface area contributed by atoms with Crippen LogP contribution in [0.1, 0.15) is 37.2 Å². The van der Waals surface area contributed by atoms with Gasteiger partial charge in [-0.3, -0.25) is 9.78 Å². The molecule has 0 saturated heterocycles. The molecule has 0 bridgehead atoms. The summed E-state index contributed by atoms with van der Waals surface area (Å²) in [5.41, 5.74) is 1.16. The van der Waals surface area contributed by atoms with E-state index >= 15 is 0 Å². The third-order valence-corrected chi connectivity index (χ3v) is 3.38. The summed E-state index contributed by atoms with van der Waals surface area (Å²) >= 11 is 0. The maximum absolute atomic E-state index is 11.7. The van der Waals surface area contributed by atoms with E-state index in [1.807, 2.05) is 12.3 Å². The van der Waals surface area contributed by atoms with Crippen LogP contribution in [0.25, 0.3) is 0 Å². The Morgan fingerprint density at radius 3 is 2.94 bits per heavy atom. The molecule has 1 heterocycles. The minimum absolute atomic E-state index is 0.0166. The first-order valence-electron chi connectivity index (χ1n) is 5.80. The molecular weight excluding hydrogens is 202 g/mol. The van der Waals surface area contributed by atoms with Gasteiger partial charge in [-0.2, -0.15) is 0 Å². The first kappa shape index (κ1) is 11.1. The Hall–Kier alpha value is -1.38. The van der Waals surface area contributed by atoms with Gasteiger partial charge >= 0.3 is 5.97 Å². The molecule has 0 aliphatic heterocycles. The number of carbonyl (C=O) groups is 1. The van der Waals surface area contributed by atoms with Gasteiger partial charge in [0.1, 0.15) is 0 Å². The summed E-state index contributed by atoms with van der Waals surface area (Å²) < 4.78 is 4.88. The number of methoxy groups -OCH3 is 1. The SMILES string of the molecule is COC(=O)C1CCCCC1c1cccnc1. The van der Waals surface area contributed by atoms with Crippen LogP contribution < -0.4 is 0 Å². The Balaban J connectivity index is 2.20. The van der Waals surface area contributed by atoms with Crippen LogP contribution in [0.5, 0.6) is 0 Å². The molecule has 0 spiro atoms. The van der Waals surface area contributed by atoms with Crippen molar-refractivity contribution in [3.8, 4) is 0 Å². The molecule has 0 amide bonds. The summed E-state index contributed by atoms with van der Waals surface area (Å²) in [5.74, 6) is 0.228. The molecule has 0 radical (unpaired) electrons. The molecule has 16 heavy (non-hydrogen) atoms. The number of ether oxygens (including phenoxy) is 1. The van der Waals surface area contributed by atoms with Crippen LogP contribution in [0, 0.1) is 5.92 Å². The largest absolute Gasteiger partial charge is 0.469 e. The fourth-order valence-corrected chi connectivity index (χ4v) is 2.56. The number of hydrogen-bond acceptors (Lipinski definition) is 3. The Morgan fingerprint density at radius 2 is 2.25 bits per heavy atom. The lowest BCUT2D eigenvalue weighted by atomic mass is 9.76. The highest BCUT2D eigenvalue weighted by Crippen LogP contribution is 2.37. The van der Waals surface area contributed by atoms with Crippen LogP contribution in [0.2, 0.25) is 0 Å². The molecular formula is C13H17NO2. The molecule has 86 valence electrons. The van der Waals surface area contributed by atoms with Gasteiger partial charge in [0.05, 0.1) is 13.0 Å². The number of aromatic nitrogens is 1. The molecule has 3 heteroatoms. The van der Waals surface area contributed by atoms with E-state index in [0.717, 1.165) is 24.8 Å². The lowest BCUT2D eigenvalue weighted by molar-refractivity contribution is -0.147. The smallest absolute Gasteiger partial charge is 0.309 e. The molecule has 1 saturated carbocycles. The minimum Gasteiger partial charge on any atom is -0.469 e. The summed E-state index contributed by atoms with van der Waals surface area (Å²) in [7, 11) is 1.47. The van der Waals surface area contributed by atoms with E-state index in [1.165, 1.54) is 13.5 Å². The fourth-order valence-electron chi connectivity index (χ4n) is 2.56. The number of nitrogens with zero attached hydrogens (tertiary/aromatic N) is 1. The summed E-state index contributed by atoms with van der Waals surface area (Å²) in [6.07, 6.45) is 7.94. The van der Waals surface area contributed by atoms with Crippen LogP contribution in [-0.4, -0.2) is 18.1 Å².